The third-order valence-electron chi connectivity index (χ3n) is 4.05. The van der Waals surface area contributed by atoms with E-state index in [0.29, 0.717) is 0 Å². The molecule has 0 amide bonds. The summed E-state index contributed by atoms with van der Waals surface area (Å²) in [6.07, 6.45) is 7.41. The Morgan fingerprint density at radius 1 is 1.15 bits per heavy atom. The molecule has 0 aliphatic carbocycles. The van der Waals surface area contributed by atoms with Crippen molar-refractivity contribution in [2.45, 2.75) is 19.9 Å². The average molecular weight is 348 g/mol. The van der Waals surface area contributed by atoms with Gasteiger partial charge in [-0.15, -0.1) is 0 Å². The van der Waals surface area contributed by atoms with Crippen LogP contribution in [0.25, 0.3) is 16.7 Å². The molecule has 3 aromatic heterocycles. The molecule has 3 aromatic rings. The van der Waals surface area contributed by atoms with Gasteiger partial charge in [0, 0.05) is 61.1 Å². The van der Waals surface area contributed by atoms with E-state index in [2.05, 4.69) is 46.1 Å². The first-order valence-corrected chi connectivity index (χ1v) is 8.57. The van der Waals surface area contributed by atoms with Gasteiger partial charge in [0.2, 0.25) is 0 Å². The van der Waals surface area contributed by atoms with Crippen LogP contribution in [0, 0.1) is 0 Å². The molecular formula is C20H24N6. The van der Waals surface area contributed by atoms with E-state index in [4.69, 9.17) is 0 Å². The van der Waals surface area contributed by atoms with Crippen molar-refractivity contribution in [3.05, 3.63) is 60.8 Å². The van der Waals surface area contributed by atoms with E-state index < -0.39 is 0 Å². The maximum absolute atomic E-state index is 4.53. The number of rotatable bonds is 6. The summed E-state index contributed by atoms with van der Waals surface area (Å²) in [6.45, 7) is 8.48. The van der Waals surface area contributed by atoms with Crippen LogP contribution in [0.4, 0.5) is 11.5 Å². The summed E-state index contributed by atoms with van der Waals surface area (Å²) in [6, 6.07) is 6.21. The van der Waals surface area contributed by atoms with E-state index in [1.807, 2.05) is 44.7 Å². The fraction of sp³-hybridized carbons (Fsp3) is 0.250. The molecule has 0 saturated carbocycles. The van der Waals surface area contributed by atoms with Gasteiger partial charge in [-0.1, -0.05) is 6.58 Å². The SMILES string of the molecule is C=C(c1cc(-c2cnn(C)c2)ccn1)c1c(NC)ccnc1NC(C)C. The van der Waals surface area contributed by atoms with Gasteiger partial charge in [0.05, 0.1) is 11.9 Å². The summed E-state index contributed by atoms with van der Waals surface area (Å²) in [5.41, 5.74) is 5.61. The lowest BCUT2D eigenvalue weighted by Gasteiger charge is -2.18. The second-order valence-corrected chi connectivity index (χ2v) is 6.44. The van der Waals surface area contributed by atoms with Crippen LogP contribution in [0.15, 0.2) is 49.6 Å². The third kappa shape index (κ3) is 3.59. The lowest BCUT2D eigenvalue weighted by atomic mass is 10.00. The van der Waals surface area contributed by atoms with Gasteiger partial charge < -0.3 is 10.6 Å². The molecule has 2 N–H and O–H groups in total. The third-order valence-corrected chi connectivity index (χ3v) is 4.05. The zero-order valence-electron chi connectivity index (χ0n) is 15.6. The van der Waals surface area contributed by atoms with E-state index in [0.717, 1.165) is 39.5 Å². The molecule has 0 unspecified atom stereocenters. The highest BCUT2D eigenvalue weighted by Crippen LogP contribution is 2.33. The van der Waals surface area contributed by atoms with Crippen LogP contribution in [0.1, 0.15) is 25.1 Å². The van der Waals surface area contributed by atoms with E-state index in [9.17, 15) is 0 Å². The molecule has 0 saturated heterocycles. The van der Waals surface area contributed by atoms with Crippen molar-refractivity contribution < 1.29 is 0 Å². The smallest absolute Gasteiger partial charge is 0.136 e. The molecule has 3 heterocycles. The van der Waals surface area contributed by atoms with Crippen LogP contribution >= 0.6 is 0 Å². The first kappa shape index (κ1) is 17.7. The molecule has 0 aromatic carbocycles. The van der Waals surface area contributed by atoms with Crippen molar-refractivity contribution in [1.29, 1.82) is 0 Å². The van der Waals surface area contributed by atoms with E-state index >= 15 is 0 Å². The predicted molar refractivity (Wildman–Crippen MR) is 107 cm³/mol. The molecule has 0 bridgehead atoms. The Hall–Kier alpha value is -3.15. The van der Waals surface area contributed by atoms with Crippen molar-refractivity contribution >= 4 is 17.1 Å². The predicted octanol–water partition coefficient (Wildman–Crippen LogP) is 3.80. The molecule has 134 valence electrons. The van der Waals surface area contributed by atoms with Crippen LogP contribution < -0.4 is 10.6 Å². The highest BCUT2D eigenvalue weighted by molar-refractivity contribution is 5.90. The number of pyridine rings is 2. The monoisotopic (exact) mass is 348 g/mol. The molecule has 0 fully saturated rings. The van der Waals surface area contributed by atoms with Gasteiger partial charge in [-0.3, -0.25) is 9.67 Å². The number of anilines is 2. The van der Waals surface area contributed by atoms with Gasteiger partial charge >= 0.3 is 0 Å². The minimum Gasteiger partial charge on any atom is -0.387 e. The van der Waals surface area contributed by atoms with Crippen LogP contribution in [-0.4, -0.2) is 32.8 Å². The Balaban J connectivity index is 2.05. The Morgan fingerprint density at radius 3 is 2.58 bits per heavy atom. The summed E-state index contributed by atoms with van der Waals surface area (Å²) in [5.74, 6) is 0.797. The fourth-order valence-electron chi connectivity index (χ4n) is 2.83. The summed E-state index contributed by atoms with van der Waals surface area (Å²) in [7, 11) is 3.80. The highest BCUT2D eigenvalue weighted by atomic mass is 15.2. The molecule has 6 heteroatoms. The first-order valence-electron chi connectivity index (χ1n) is 8.57. The quantitative estimate of drug-likeness (QED) is 0.709. The largest absolute Gasteiger partial charge is 0.387 e. The van der Waals surface area contributed by atoms with Crippen molar-refractivity contribution in [3.8, 4) is 11.1 Å². The summed E-state index contributed by atoms with van der Waals surface area (Å²) < 4.78 is 1.79. The molecule has 0 aliphatic heterocycles. The molecule has 0 atom stereocenters. The lowest BCUT2D eigenvalue weighted by Crippen LogP contribution is -2.14. The number of nitrogens with zero attached hydrogens (tertiary/aromatic N) is 4. The zero-order valence-corrected chi connectivity index (χ0v) is 15.6. The van der Waals surface area contributed by atoms with Crippen molar-refractivity contribution in [3.63, 3.8) is 0 Å². The lowest BCUT2D eigenvalue weighted by molar-refractivity contribution is 0.768. The van der Waals surface area contributed by atoms with Crippen molar-refractivity contribution in [2.75, 3.05) is 17.7 Å². The molecule has 0 spiro atoms. The number of hydrogen-bond acceptors (Lipinski definition) is 5. The van der Waals surface area contributed by atoms with Crippen LogP contribution in [0.3, 0.4) is 0 Å². The first-order chi connectivity index (χ1) is 12.5. The fourth-order valence-corrected chi connectivity index (χ4v) is 2.83. The van der Waals surface area contributed by atoms with Crippen LogP contribution in [0.2, 0.25) is 0 Å². The van der Waals surface area contributed by atoms with Gasteiger partial charge in [-0.2, -0.15) is 5.10 Å². The Labute approximate surface area is 154 Å². The standard InChI is InChI=1S/C20H24N6/c1-13(2)25-20-19(17(21-4)7-9-23-20)14(3)18-10-15(6-8-22-18)16-11-24-26(5)12-16/h6-13H,3H2,1-2,4-5H3,(H2,21,23,25). The molecular weight excluding hydrogens is 324 g/mol. The number of aryl methyl sites for hydroxylation is 1. The Morgan fingerprint density at radius 2 is 1.92 bits per heavy atom. The topological polar surface area (TPSA) is 67.7 Å². The van der Waals surface area contributed by atoms with E-state index in [1.54, 1.807) is 17.1 Å². The minimum atomic E-state index is 0.260. The van der Waals surface area contributed by atoms with E-state index in [1.165, 1.54) is 0 Å². The zero-order chi connectivity index (χ0) is 18.7. The number of nitrogens with one attached hydrogen (secondary N) is 2. The second kappa shape index (κ2) is 7.39. The van der Waals surface area contributed by atoms with Gasteiger partial charge in [-0.05, 0) is 37.6 Å². The molecule has 0 aliphatic rings. The Kier molecular flexibility index (Phi) is 5.02. The van der Waals surface area contributed by atoms with Gasteiger partial charge in [0.1, 0.15) is 5.82 Å². The summed E-state index contributed by atoms with van der Waals surface area (Å²) in [5, 5.41) is 10.9. The van der Waals surface area contributed by atoms with Crippen LogP contribution in [-0.2, 0) is 7.05 Å². The summed E-state index contributed by atoms with van der Waals surface area (Å²) >= 11 is 0. The minimum absolute atomic E-state index is 0.260. The second-order valence-electron chi connectivity index (χ2n) is 6.44. The van der Waals surface area contributed by atoms with Gasteiger partial charge in [0.15, 0.2) is 0 Å². The van der Waals surface area contributed by atoms with E-state index in [-0.39, 0.29) is 6.04 Å². The van der Waals surface area contributed by atoms with Crippen molar-refractivity contribution in [2.24, 2.45) is 7.05 Å². The maximum Gasteiger partial charge on any atom is 0.136 e. The molecule has 0 radical (unpaired) electrons. The maximum atomic E-state index is 4.53. The average Bonchev–Trinajstić information content (AvgIpc) is 3.07. The summed E-state index contributed by atoms with van der Waals surface area (Å²) in [4.78, 5) is 9.04. The molecule has 26 heavy (non-hydrogen) atoms. The Bertz CT molecular complexity index is 926. The van der Waals surface area contributed by atoms with Gasteiger partial charge in [-0.25, -0.2) is 4.98 Å². The number of aromatic nitrogens is 4. The highest BCUT2D eigenvalue weighted by Gasteiger charge is 2.16. The van der Waals surface area contributed by atoms with Crippen molar-refractivity contribution in [1.82, 2.24) is 19.7 Å². The molecule has 6 nitrogen and oxygen atoms in total. The normalized spacial score (nSPS) is 10.8. The number of hydrogen-bond donors (Lipinski definition) is 2. The molecule has 3 rings (SSSR count). The van der Waals surface area contributed by atoms with Crippen LogP contribution in [0.5, 0.6) is 0 Å². The van der Waals surface area contributed by atoms with Gasteiger partial charge in [0.25, 0.3) is 0 Å².